The first-order valence-electron chi connectivity index (χ1n) is 7.62. The quantitative estimate of drug-likeness (QED) is 0.273. The highest BCUT2D eigenvalue weighted by atomic mass is 32.2. The number of aliphatic hydroxyl groups is 5. The molecule has 0 spiro atoms. The van der Waals surface area contributed by atoms with Crippen LogP contribution in [0.2, 0.25) is 0 Å². The van der Waals surface area contributed by atoms with Crippen LogP contribution < -0.4 is 0 Å². The molecule has 2 rings (SSSR count). The number of imidazole rings is 1. The van der Waals surface area contributed by atoms with Crippen molar-refractivity contribution in [1.29, 1.82) is 0 Å². The molecule has 0 unspecified atom stereocenters. The van der Waals surface area contributed by atoms with E-state index in [1.807, 2.05) is 13.2 Å². The third kappa shape index (κ3) is 4.25. The van der Waals surface area contributed by atoms with Crippen LogP contribution in [0.25, 0.3) is 11.2 Å². The lowest BCUT2D eigenvalue weighted by Crippen LogP contribution is -2.48. The topological polar surface area (TPSA) is 145 Å². The van der Waals surface area contributed by atoms with Crippen LogP contribution in [0.1, 0.15) is 12.3 Å². The van der Waals surface area contributed by atoms with Crippen molar-refractivity contribution in [3.05, 3.63) is 12.7 Å². The van der Waals surface area contributed by atoms with Gasteiger partial charge in [-0.1, -0.05) is 6.92 Å². The first-order valence-corrected chi connectivity index (χ1v) is 9.89. The van der Waals surface area contributed by atoms with Crippen molar-refractivity contribution in [1.82, 2.24) is 19.5 Å². The number of rotatable bonds is 9. The summed E-state index contributed by atoms with van der Waals surface area (Å²) in [5.74, 6) is 0.618. The molecule has 0 aliphatic heterocycles. The van der Waals surface area contributed by atoms with Crippen molar-refractivity contribution in [2.24, 2.45) is 0 Å². The lowest BCUT2D eigenvalue weighted by molar-refractivity contribution is -0.118. The first-order chi connectivity index (χ1) is 12.0. The van der Waals surface area contributed by atoms with E-state index in [9.17, 15) is 20.4 Å². The molecule has 0 saturated carbocycles. The van der Waals surface area contributed by atoms with E-state index in [2.05, 4.69) is 15.0 Å². The summed E-state index contributed by atoms with van der Waals surface area (Å²) >= 11 is 2.74. The van der Waals surface area contributed by atoms with E-state index in [0.717, 1.165) is 0 Å². The Labute approximate surface area is 153 Å². The molecule has 2 aromatic heterocycles. The van der Waals surface area contributed by atoms with Gasteiger partial charge >= 0.3 is 0 Å². The molecule has 5 atom stereocenters. The summed E-state index contributed by atoms with van der Waals surface area (Å²) in [6.45, 7) is 1.16. The minimum absolute atomic E-state index is 0.494. The number of hydrogen-bond donors (Lipinski definition) is 5. The smallest absolute Gasteiger partial charge is 0.165 e. The van der Waals surface area contributed by atoms with E-state index >= 15 is 0 Å². The summed E-state index contributed by atoms with van der Waals surface area (Å²) in [4.78, 5) is 12.6. The van der Waals surface area contributed by atoms with E-state index in [1.165, 1.54) is 36.2 Å². The van der Waals surface area contributed by atoms with E-state index in [4.69, 9.17) is 5.11 Å². The summed E-state index contributed by atoms with van der Waals surface area (Å²) < 4.78 is 1.61. The molecular weight excluding hydrogens is 368 g/mol. The van der Waals surface area contributed by atoms with Gasteiger partial charge in [-0.2, -0.15) is 0 Å². The van der Waals surface area contributed by atoms with Crippen molar-refractivity contribution >= 4 is 34.7 Å². The maximum atomic E-state index is 10.6. The van der Waals surface area contributed by atoms with Gasteiger partial charge in [0.2, 0.25) is 0 Å². The number of nitrogens with zero attached hydrogens (tertiary/aromatic N) is 4. The molecule has 140 valence electrons. The Bertz CT molecular complexity index is 688. The number of aliphatic hydroxyl groups excluding tert-OH is 5. The highest BCUT2D eigenvalue weighted by Crippen LogP contribution is 2.33. The molecule has 5 N–H and O–H groups in total. The predicted octanol–water partition coefficient (Wildman–Crippen LogP) is -0.764. The Morgan fingerprint density at radius 3 is 2.40 bits per heavy atom. The van der Waals surface area contributed by atoms with Crippen molar-refractivity contribution in [3.63, 3.8) is 0 Å². The maximum Gasteiger partial charge on any atom is 0.165 e. The highest BCUT2D eigenvalue weighted by molar-refractivity contribution is 7.99. The Balaban J connectivity index is 2.38. The lowest BCUT2D eigenvalue weighted by Gasteiger charge is -2.31. The molecule has 25 heavy (non-hydrogen) atoms. The van der Waals surface area contributed by atoms with Crippen LogP contribution in [0.3, 0.4) is 0 Å². The summed E-state index contributed by atoms with van der Waals surface area (Å²) in [6.07, 6.45) is -1.57. The van der Waals surface area contributed by atoms with Gasteiger partial charge in [-0.3, -0.25) is 4.57 Å². The zero-order chi connectivity index (χ0) is 18.6. The SMILES string of the molecule is CCS[C@@H]([C@@H](O)[C@H](O)[C@H](O)[C@H](O)CO)n1cnc2c(SC)ncnc21. The third-order valence-corrected chi connectivity index (χ3v) is 5.57. The van der Waals surface area contributed by atoms with E-state index in [1.54, 1.807) is 4.57 Å². The molecule has 2 aromatic rings. The minimum Gasteiger partial charge on any atom is -0.394 e. The standard InChI is InChI=1S/C14H22N4O5S2/c1-3-25-14(11(23)10(22)9(21)7(20)4-19)18-6-17-8-12(18)15-5-16-13(8)24-2/h5-7,9-11,14,19-23H,3-4H2,1-2H3/t7-,9-,10-,11+,14+/m1/s1. The van der Waals surface area contributed by atoms with E-state index < -0.39 is 36.4 Å². The predicted molar refractivity (Wildman–Crippen MR) is 95.4 cm³/mol. The molecule has 0 amide bonds. The normalized spacial score (nSPS) is 18.0. The fraction of sp³-hybridized carbons (Fsp3) is 0.643. The van der Waals surface area contributed by atoms with E-state index in [-0.39, 0.29) is 0 Å². The number of hydrogen-bond acceptors (Lipinski definition) is 10. The monoisotopic (exact) mass is 390 g/mol. The molecule has 0 aliphatic rings. The van der Waals surface area contributed by atoms with Gasteiger partial charge in [0.15, 0.2) is 5.65 Å². The van der Waals surface area contributed by atoms with Gasteiger partial charge in [-0.15, -0.1) is 23.5 Å². The van der Waals surface area contributed by atoms with Crippen LogP contribution in [0.15, 0.2) is 17.7 Å². The Morgan fingerprint density at radius 1 is 1.08 bits per heavy atom. The second kappa shape index (κ2) is 9.12. The Kier molecular flexibility index (Phi) is 7.43. The molecule has 0 radical (unpaired) electrons. The van der Waals surface area contributed by atoms with Crippen molar-refractivity contribution in [2.45, 2.75) is 41.7 Å². The van der Waals surface area contributed by atoms with Gasteiger partial charge in [0, 0.05) is 0 Å². The van der Waals surface area contributed by atoms with Crippen molar-refractivity contribution in [3.8, 4) is 0 Å². The van der Waals surface area contributed by atoms with Crippen molar-refractivity contribution < 1.29 is 25.5 Å². The van der Waals surface area contributed by atoms with Crippen LogP contribution in [0, 0.1) is 0 Å². The molecule has 0 aromatic carbocycles. The van der Waals surface area contributed by atoms with Gasteiger partial charge in [-0.25, -0.2) is 15.0 Å². The Hall–Kier alpha value is -0.950. The van der Waals surface area contributed by atoms with Gasteiger partial charge in [0.1, 0.15) is 46.7 Å². The van der Waals surface area contributed by atoms with Gasteiger partial charge < -0.3 is 25.5 Å². The molecule has 0 fully saturated rings. The summed E-state index contributed by atoms with van der Waals surface area (Å²) in [5, 5.41) is 49.1. The molecule has 0 bridgehead atoms. The summed E-state index contributed by atoms with van der Waals surface area (Å²) in [5.41, 5.74) is 1.07. The van der Waals surface area contributed by atoms with Crippen molar-refractivity contribution in [2.75, 3.05) is 18.6 Å². The lowest BCUT2D eigenvalue weighted by atomic mass is 10.0. The van der Waals surface area contributed by atoms with Crippen LogP contribution in [-0.2, 0) is 0 Å². The number of thioether (sulfide) groups is 2. The van der Waals surface area contributed by atoms with Crippen LogP contribution in [0.4, 0.5) is 0 Å². The zero-order valence-electron chi connectivity index (χ0n) is 13.8. The maximum absolute atomic E-state index is 10.6. The molecular formula is C14H22N4O5S2. The van der Waals surface area contributed by atoms with Gasteiger partial charge in [0.25, 0.3) is 0 Å². The summed E-state index contributed by atoms with van der Waals surface area (Å²) in [6, 6.07) is 0. The Morgan fingerprint density at radius 2 is 1.80 bits per heavy atom. The second-order valence-electron chi connectivity index (χ2n) is 5.27. The number of fused-ring (bicyclic) bond motifs is 1. The minimum atomic E-state index is -1.69. The first kappa shape index (κ1) is 20.4. The summed E-state index contributed by atoms with van der Waals surface area (Å²) in [7, 11) is 0. The fourth-order valence-corrected chi connectivity index (χ4v) is 3.89. The van der Waals surface area contributed by atoms with Gasteiger partial charge in [-0.05, 0) is 12.0 Å². The molecule has 0 aliphatic carbocycles. The molecule has 11 heteroatoms. The van der Waals surface area contributed by atoms with Crippen LogP contribution in [-0.4, -0.2) is 88.1 Å². The largest absolute Gasteiger partial charge is 0.394 e. The second-order valence-corrected chi connectivity index (χ2v) is 7.46. The highest BCUT2D eigenvalue weighted by Gasteiger charge is 2.36. The fourth-order valence-electron chi connectivity index (χ4n) is 2.39. The number of aromatic nitrogens is 4. The molecule has 0 saturated heterocycles. The molecule has 9 nitrogen and oxygen atoms in total. The van der Waals surface area contributed by atoms with Crippen LogP contribution >= 0.6 is 23.5 Å². The average molecular weight is 390 g/mol. The van der Waals surface area contributed by atoms with E-state index in [0.29, 0.717) is 21.9 Å². The van der Waals surface area contributed by atoms with Gasteiger partial charge in [0.05, 0.1) is 12.9 Å². The average Bonchev–Trinajstić information content (AvgIpc) is 3.07. The van der Waals surface area contributed by atoms with Crippen LogP contribution in [0.5, 0.6) is 0 Å². The zero-order valence-corrected chi connectivity index (χ0v) is 15.4. The third-order valence-electron chi connectivity index (χ3n) is 3.70. The molecule has 2 heterocycles.